The van der Waals surface area contributed by atoms with Crippen LogP contribution in [0.15, 0.2) is 34.3 Å². The van der Waals surface area contributed by atoms with Gasteiger partial charge in [-0.3, -0.25) is 19.2 Å². The van der Waals surface area contributed by atoms with E-state index in [1.54, 1.807) is 23.5 Å². The number of carbonyl (C=O) groups excluding carboxylic acids is 2. The molecule has 12 nitrogen and oxygen atoms in total. The summed E-state index contributed by atoms with van der Waals surface area (Å²) in [4.78, 5) is 63.9. The third-order valence-electron chi connectivity index (χ3n) is 15.3. The van der Waals surface area contributed by atoms with Gasteiger partial charge in [-0.25, -0.2) is 9.97 Å². The van der Waals surface area contributed by atoms with Crippen molar-refractivity contribution in [2.45, 2.75) is 193 Å². The fourth-order valence-electron chi connectivity index (χ4n) is 11.3. The highest BCUT2D eigenvalue weighted by Gasteiger charge is 2.56. The van der Waals surface area contributed by atoms with Crippen LogP contribution in [-0.2, 0) is 9.59 Å². The van der Waals surface area contributed by atoms with E-state index in [1.165, 1.54) is 89.9 Å². The van der Waals surface area contributed by atoms with Crippen LogP contribution in [0, 0.1) is 17.3 Å². The molecule has 2 aromatic heterocycles. The number of nitrogens with zero attached hydrogens (tertiary/aromatic N) is 4. The molecular weight excluding hydrogens is 845 g/mol. The van der Waals surface area contributed by atoms with E-state index in [0.29, 0.717) is 21.6 Å². The molecule has 0 spiro atoms. The maximum atomic E-state index is 13.2. The van der Waals surface area contributed by atoms with Gasteiger partial charge in [0.05, 0.1) is 16.5 Å². The molecule has 14 heteroatoms. The number of aromatic nitrogens is 2. The summed E-state index contributed by atoms with van der Waals surface area (Å²) >= 11 is 3.54. The molecule has 2 atom stereocenters. The quantitative estimate of drug-likeness (QED) is 0.142. The van der Waals surface area contributed by atoms with Crippen LogP contribution in [0.5, 0.6) is 0 Å². The standard InChI is InChI=1S/C26H37N3O3S.C24H35N3O3S/c30-23(27-19-8-2-1-3-9-19)21-12-13-22(28-24(21)33-20-10-4-5-11-20)29-16-6-7-18(17-29)26(14-15-26)25(31)32;28-22(29)15-17-7-6-14-27(16-17)21-13-12-20(23(30)25-18-8-2-1-3-9-18)24(26-21)31-19-10-4-5-11-19/h12-13,18-20H,1-11,14-17H2,(H,27,30)(H,31,32);12-13,17-19H,1-11,14-16H2,(H,25,30)(H,28,29)/t;17-/m.1/s1. The molecule has 4 N–H and O–H groups in total. The van der Waals surface area contributed by atoms with Crippen LogP contribution in [0.25, 0.3) is 0 Å². The second kappa shape index (κ2) is 22.3. The Morgan fingerprint density at radius 1 is 0.578 bits per heavy atom. The van der Waals surface area contributed by atoms with E-state index in [9.17, 15) is 29.4 Å². The first-order valence-corrected chi connectivity index (χ1v) is 26.8. The number of hydrogen-bond acceptors (Lipinski definition) is 10. The van der Waals surface area contributed by atoms with Crippen molar-refractivity contribution >= 4 is 58.9 Å². The van der Waals surface area contributed by atoms with Crippen LogP contribution in [-0.4, -0.2) is 92.7 Å². The van der Waals surface area contributed by atoms with Gasteiger partial charge in [0.25, 0.3) is 11.8 Å². The van der Waals surface area contributed by atoms with Crippen molar-refractivity contribution in [3.63, 3.8) is 0 Å². The molecular formula is C50H72N6O6S2. The maximum absolute atomic E-state index is 13.2. The van der Waals surface area contributed by atoms with Crippen molar-refractivity contribution in [1.29, 1.82) is 0 Å². The van der Waals surface area contributed by atoms with E-state index < -0.39 is 17.4 Å². The van der Waals surface area contributed by atoms with Gasteiger partial charge < -0.3 is 30.6 Å². The lowest BCUT2D eigenvalue weighted by molar-refractivity contribution is -0.146. The third-order valence-corrected chi connectivity index (χ3v) is 17.9. The molecule has 2 aromatic rings. The molecule has 0 bridgehead atoms. The SMILES string of the molecule is O=C(NC1CCCCC1)c1ccc(N2CCCC(C3(C(=O)O)CC3)C2)nc1SC1CCCC1.O=C(O)C[C@H]1CCCN(c2ccc(C(=O)NC3CCCCC3)c(SC3CCCC3)n2)C1. The lowest BCUT2D eigenvalue weighted by Gasteiger charge is -2.36. The van der Waals surface area contributed by atoms with Crippen molar-refractivity contribution in [3.8, 4) is 0 Å². The second-order valence-corrected chi connectivity index (χ2v) is 22.6. The Bertz CT molecular complexity index is 1920. The number of anilines is 2. The Kier molecular flexibility index (Phi) is 16.4. The minimum atomic E-state index is -0.730. The predicted octanol–water partition coefficient (Wildman–Crippen LogP) is 10.1. The lowest BCUT2D eigenvalue weighted by Crippen LogP contribution is -2.42. The minimum absolute atomic E-state index is 0.00819. The molecule has 2 aliphatic heterocycles. The Morgan fingerprint density at radius 3 is 1.48 bits per heavy atom. The summed E-state index contributed by atoms with van der Waals surface area (Å²) in [5.41, 5.74) is 0.893. The summed E-state index contributed by atoms with van der Waals surface area (Å²) in [6.45, 7) is 3.27. The number of aliphatic carboxylic acids is 2. The largest absolute Gasteiger partial charge is 0.481 e. The summed E-state index contributed by atoms with van der Waals surface area (Å²) in [5, 5.41) is 28.2. The van der Waals surface area contributed by atoms with Crippen LogP contribution in [0.2, 0.25) is 0 Å². The number of pyridine rings is 2. The number of carboxylic acids is 2. The summed E-state index contributed by atoms with van der Waals surface area (Å²) < 4.78 is 0. The van der Waals surface area contributed by atoms with Crippen molar-refractivity contribution in [2.24, 2.45) is 17.3 Å². The molecule has 9 rings (SSSR count). The predicted molar refractivity (Wildman–Crippen MR) is 255 cm³/mol. The van der Waals surface area contributed by atoms with Crippen molar-refractivity contribution in [2.75, 3.05) is 36.0 Å². The minimum Gasteiger partial charge on any atom is -0.481 e. The van der Waals surface area contributed by atoms with Crippen molar-refractivity contribution < 1.29 is 29.4 Å². The molecule has 2 amide bonds. The Morgan fingerprint density at radius 2 is 1.03 bits per heavy atom. The molecule has 350 valence electrons. The molecule has 1 unspecified atom stereocenters. The van der Waals surface area contributed by atoms with Gasteiger partial charge in [0.2, 0.25) is 0 Å². The lowest BCUT2D eigenvalue weighted by atomic mass is 9.82. The molecule has 0 radical (unpaired) electrons. The third kappa shape index (κ3) is 12.3. The molecule has 7 aliphatic rings. The number of carboxylic acid groups (broad SMARTS) is 2. The monoisotopic (exact) mass is 916 g/mol. The summed E-state index contributed by atoms with van der Waals surface area (Å²) in [6.07, 6.45) is 27.1. The molecule has 64 heavy (non-hydrogen) atoms. The highest BCUT2D eigenvalue weighted by molar-refractivity contribution is 8.00. The van der Waals surface area contributed by atoms with E-state index in [2.05, 4.69) is 20.4 Å². The maximum Gasteiger partial charge on any atom is 0.309 e. The van der Waals surface area contributed by atoms with Crippen LogP contribution in [0.1, 0.15) is 181 Å². The van der Waals surface area contributed by atoms with E-state index in [4.69, 9.17) is 9.97 Å². The number of nitrogens with one attached hydrogen (secondary N) is 2. The van der Waals surface area contributed by atoms with Gasteiger partial charge in [0.1, 0.15) is 21.7 Å². The van der Waals surface area contributed by atoms with Crippen LogP contribution < -0.4 is 20.4 Å². The molecule has 2 saturated heterocycles. The Balaban J connectivity index is 0.000000175. The van der Waals surface area contributed by atoms with Gasteiger partial charge >= 0.3 is 11.9 Å². The summed E-state index contributed by atoms with van der Waals surface area (Å²) in [6, 6.07) is 8.41. The number of piperidine rings is 2. The average molecular weight is 917 g/mol. The Labute approximate surface area is 389 Å². The smallest absolute Gasteiger partial charge is 0.309 e. The first-order valence-electron chi connectivity index (χ1n) is 25.1. The van der Waals surface area contributed by atoms with Gasteiger partial charge in [0, 0.05) is 55.2 Å². The summed E-state index contributed by atoms with van der Waals surface area (Å²) in [5.74, 6) is 0.788. The van der Waals surface area contributed by atoms with E-state index >= 15 is 0 Å². The van der Waals surface area contributed by atoms with E-state index in [1.807, 2.05) is 24.3 Å². The highest BCUT2D eigenvalue weighted by Crippen LogP contribution is 2.55. The van der Waals surface area contributed by atoms with Gasteiger partial charge in [-0.2, -0.15) is 0 Å². The molecule has 5 saturated carbocycles. The van der Waals surface area contributed by atoms with Crippen LogP contribution in [0.3, 0.4) is 0 Å². The highest BCUT2D eigenvalue weighted by atomic mass is 32.2. The first-order chi connectivity index (χ1) is 31.1. The van der Waals surface area contributed by atoms with Crippen molar-refractivity contribution in [1.82, 2.24) is 20.6 Å². The fraction of sp³-hybridized carbons (Fsp3) is 0.720. The number of amides is 2. The van der Waals surface area contributed by atoms with Gasteiger partial charge in [-0.15, -0.1) is 23.5 Å². The zero-order valence-corrected chi connectivity index (χ0v) is 39.5. The number of rotatable bonds is 14. The topological polar surface area (TPSA) is 165 Å². The first kappa shape index (κ1) is 47.0. The zero-order valence-electron chi connectivity index (χ0n) is 37.9. The van der Waals surface area contributed by atoms with Gasteiger partial charge in [0.15, 0.2) is 0 Å². The Hall–Kier alpha value is -3.52. The average Bonchev–Trinajstić information content (AvgIpc) is 3.66. The van der Waals surface area contributed by atoms with E-state index in [0.717, 1.165) is 112 Å². The fourth-order valence-corrected chi connectivity index (χ4v) is 14.0. The second-order valence-electron chi connectivity index (χ2n) is 20.0. The van der Waals surface area contributed by atoms with Crippen LogP contribution >= 0.6 is 23.5 Å². The number of hydrogen-bond donors (Lipinski definition) is 4. The molecule has 5 aliphatic carbocycles. The zero-order chi connectivity index (χ0) is 44.5. The molecule has 4 heterocycles. The van der Waals surface area contributed by atoms with Crippen LogP contribution in [0.4, 0.5) is 11.6 Å². The van der Waals surface area contributed by atoms with Gasteiger partial charge in [-0.05, 0) is 126 Å². The van der Waals surface area contributed by atoms with E-state index in [-0.39, 0.29) is 42.2 Å². The summed E-state index contributed by atoms with van der Waals surface area (Å²) in [7, 11) is 0. The molecule has 7 fully saturated rings. The normalized spacial score (nSPS) is 24.4. The number of thioether (sulfide) groups is 2. The molecule has 0 aromatic carbocycles. The van der Waals surface area contributed by atoms with Gasteiger partial charge in [-0.1, -0.05) is 64.2 Å². The van der Waals surface area contributed by atoms with Crippen molar-refractivity contribution in [3.05, 3.63) is 35.4 Å². The number of carbonyl (C=O) groups is 4.